The van der Waals surface area contributed by atoms with Gasteiger partial charge in [0.2, 0.25) is 0 Å². The van der Waals surface area contributed by atoms with Crippen molar-refractivity contribution in [1.29, 1.82) is 0 Å². The fraction of sp³-hybridized carbons (Fsp3) is 0.250. The van der Waals surface area contributed by atoms with E-state index in [0.717, 1.165) is 0 Å². The third kappa shape index (κ3) is 3.81. The first-order valence-electron chi connectivity index (χ1n) is 4.73. The van der Waals surface area contributed by atoms with Crippen LogP contribution < -0.4 is 4.74 Å². The Morgan fingerprint density at radius 1 is 1.38 bits per heavy atom. The average Bonchev–Trinajstić information content (AvgIpc) is 2.16. The molecule has 0 atom stereocenters. The normalized spacial score (nSPS) is 11.7. The van der Waals surface area contributed by atoms with Crippen LogP contribution in [0.2, 0.25) is 0 Å². The van der Waals surface area contributed by atoms with Crippen molar-refractivity contribution in [2.45, 2.75) is 20.5 Å². The Hall–Kier alpha value is -1.71. The maximum atomic E-state index is 12.0. The molecule has 1 rings (SSSR count). The summed E-state index contributed by atoms with van der Waals surface area (Å²) < 4.78 is 28.2. The van der Waals surface area contributed by atoms with E-state index in [4.69, 9.17) is 0 Å². The molecule has 0 saturated heterocycles. The summed E-state index contributed by atoms with van der Waals surface area (Å²) in [5.74, 6) is 0.00137. The molecule has 0 spiro atoms. The van der Waals surface area contributed by atoms with Crippen molar-refractivity contribution in [3.05, 3.63) is 35.9 Å². The molecule has 86 valence electrons. The molecule has 0 radical (unpaired) electrons. The molecule has 0 aromatic heterocycles. The summed E-state index contributed by atoms with van der Waals surface area (Å²) in [4.78, 5) is 10.9. The number of carbonyl (C=O) groups is 1. The molecule has 0 saturated carbocycles. The number of halogens is 2. The molecule has 0 fully saturated rings. The maximum absolute atomic E-state index is 12.0. The first-order valence-corrected chi connectivity index (χ1v) is 4.73. The highest BCUT2D eigenvalue weighted by Gasteiger charge is 2.05. The van der Waals surface area contributed by atoms with Crippen molar-refractivity contribution >= 4 is 11.4 Å². The van der Waals surface area contributed by atoms with Gasteiger partial charge in [0.15, 0.2) is 5.78 Å². The Morgan fingerprint density at radius 3 is 2.62 bits per heavy atom. The van der Waals surface area contributed by atoms with Crippen molar-refractivity contribution in [1.82, 2.24) is 0 Å². The van der Waals surface area contributed by atoms with Crippen molar-refractivity contribution in [2.75, 3.05) is 0 Å². The Labute approximate surface area is 92.5 Å². The van der Waals surface area contributed by atoms with E-state index in [1.165, 1.54) is 25.1 Å². The highest BCUT2D eigenvalue weighted by Crippen LogP contribution is 2.21. The molecule has 0 aliphatic rings. The third-order valence-corrected chi connectivity index (χ3v) is 1.93. The van der Waals surface area contributed by atoms with Crippen molar-refractivity contribution in [3.8, 4) is 5.75 Å². The van der Waals surface area contributed by atoms with Crippen LogP contribution >= 0.6 is 0 Å². The van der Waals surface area contributed by atoms with E-state index in [1.807, 2.05) is 0 Å². The standard InChI is InChI=1S/C12H12F2O2/c1-8(6-9(2)15)10-4-3-5-11(7-10)16-12(13)14/h3-7,12H,1-2H3/b8-6-. The number of carbonyl (C=O) groups excluding carboxylic acids is 1. The van der Waals surface area contributed by atoms with Crippen LogP contribution in [0.3, 0.4) is 0 Å². The van der Waals surface area contributed by atoms with E-state index in [9.17, 15) is 13.6 Å². The van der Waals surface area contributed by atoms with E-state index in [-0.39, 0.29) is 11.5 Å². The van der Waals surface area contributed by atoms with E-state index >= 15 is 0 Å². The number of ether oxygens (including phenoxy) is 1. The van der Waals surface area contributed by atoms with Crippen LogP contribution in [-0.2, 0) is 4.79 Å². The Balaban J connectivity index is 2.94. The third-order valence-electron chi connectivity index (χ3n) is 1.93. The summed E-state index contributed by atoms with van der Waals surface area (Å²) in [5, 5.41) is 0. The van der Waals surface area contributed by atoms with Crippen LogP contribution in [0.25, 0.3) is 5.57 Å². The van der Waals surface area contributed by atoms with Gasteiger partial charge in [-0.2, -0.15) is 8.78 Å². The molecule has 2 nitrogen and oxygen atoms in total. The first kappa shape index (κ1) is 12.4. The van der Waals surface area contributed by atoms with Crippen LogP contribution in [-0.4, -0.2) is 12.4 Å². The highest BCUT2D eigenvalue weighted by atomic mass is 19.3. The van der Waals surface area contributed by atoms with Crippen molar-refractivity contribution in [3.63, 3.8) is 0 Å². The lowest BCUT2D eigenvalue weighted by Crippen LogP contribution is -2.01. The zero-order chi connectivity index (χ0) is 12.1. The number of rotatable bonds is 4. The second-order valence-electron chi connectivity index (χ2n) is 3.34. The van der Waals surface area contributed by atoms with Crippen LogP contribution in [0.5, 0.6) is 5.75 Å². The molecule has 1 aromatic carbocycles. The number of alkyl halides is 2. The molecule has 0 aliphatic carbocycles. The summed E-state index contributed by atoms with van der Waals surface area (Å²) in [6.07, 6.45) is 1.45. The molecule has 0 N–H and O–H groups in total. The molecule has 0 unspecified atom stereocenters. The SMILES string of the molecule is CC(=O)/C=C(/C)c1cccc(OC(F)F)c1. The van der Waals surface area contributed by atoms with Gasteiger partial charge in [-0.1, -0.05) is 12.1 Å². The molecular weight excluding hydrogens is 214 g/mol. The molecule has 0 heterocycles. The summed E-state index contributed by atoms with van der Waals surface area (Å²) in [5.41, 5.74) is 1.40. The summed E-state index contributed by atoms with van der Waals surface area (Å²) >= 11 is 0. The Morgan fingerprint density at radius 2 is 2.06 bits per heavy atom. The zero-order valence-corrected chi connectivity index (χ0v) is 9.04. The van der Waals surface area contributed by atoms with Crippen LogP contribution in [0.4, 0.5) is 8.78 Å². The lowest BCUT2D eigenvalue weighted by atomic mass is 10.1. The van der Waals surface area contributed by atoms with Gasteiger partial charge < -0.3 is 4.74 Å². The van der Waals surface area contributed by atoms with Gasteiger partial charge in [0.1, 0.15) is 5.75 Å². The minimum atomic E-state index is -2.84. The van der Waals surface area contributed by atoms with Crippen LogP contribution in [0, 0.1) is 0 Å². The Bertz CT molecular complexity index is 411. The smallest absolute Gasteiger partial charge is 0.387 e. The number of hydrogen-bond donors (Lipinski definition) is 0. The van der Waals surface area contributed by atoms with Gasteiger partial charge in [-0.25, -0.2) is 0 Å². The van der Waals surface area contributed by atoms with E-state index < -0.39 is 6.61 Å². The van der Waals surface area contributed by atoms with Gasteiger partial charge in [-0.05, 0) is 43.2 Å². The minimum absolute atomic E-state index is 0.0855. The molecule has 0 bridgehead atoms. The average molecular weight is 226 g/mol. The monoisotopic (exact) mass is 226 g/mol. The van der Waals surface area contributed by atoms with E-state index in [2.05, 4.69) is 4.74 Å². The quantitative estimate of drug-likeness (QED) is 0.736. The van der Waals surface area contributed by atoms with Gasteiger partial charge >= 0.3 is 6.61 Å². The second-order valence-corrected chi connectivity index (χ2v) is 3.34. The second kappa shape index (κ2) is 5.39. The number of ketones is 1. The maximum Gasteiger partial charge on any atom is 0.387 e. The fourth-order valence-electron chi connectivity index (χ4n) is 1.31. The lowest BCUT2D eigenvalue weighted by Gasteiger charge is -2.06. The topological polar surface area (TPSA) is 26.3 Å². The summed E-state index contributed by atoms with van der Waals surface area (Å²) in [6.45, 7) is 0.332. The predicted octanol–water partition coefficient (Wildman–Crippen LogP) is 3.28. The fourth-order valence-corrected chi connectivity index (χ4v) is 1.31. The first-order chi connectivity index (χ1) is 7.49. The largest absolute Gasteiger partial charge is 0.435 e. The lowest BCUT2D eigenvalue weighted by molar-refractivity contribution is -0.112. The summed E-state index contributed by atoms with van der Waals surface area (Å²) in [7, 11) is 0. The van der Waals surface area contributed by atoms with Gasteiger partial charge in [0.25, 0.3) is 0 Å². The molecule has 4 heteroatoms. The molecular formula is C12H12F2O2. The molecule has 16 heavy (non-hydrogen) atoms. The molecule has 0 aliphatic heterocycles. The van der Waals surface area contributed by atoms with Gasteiger partial charge in [-0.15, -0.1) is 0 Å². The number of benzene rings is 1. The van der Waals surface area contributed by atoms with Crippen molar-refractivity contribution < 1.29 is 18.3 Å². The highest BCUT2D eigenvalue weighted by molar-refractivity contribution is 5.94. The zero-order valence-electron chi connectivity index (χ0n) is 9.04. The number of allylic oxidation sites excluding steroid dienone is 2. The molecule has 1 aromatic rings. The minimum Gasteiger partial charge on any atom is -0.435 e. The van der Waals surface area contributed by atoms with Crippen molar-refractivity contribution in [2.24, 2.45) is 0 Å². The van der Waals surface area contributed by atoms with Gasteiger partial charge in [-0.3, -0.25) is 4.79 Å². The van der Waals surface area contributed by atoms with Crippen LogP contribution in [0.15, 0.2) is 30.3 Å². The molecule has 0 amide bonds. The summed E-state index contributed by atoms with van der Waals surface area (Å²) in [6, 6.07) is 6.25. The number of hydrogen-bond acceptors (Lipinski definition) is 2. The van der Waals surface area contributed by atoms with E-state index in [0.29, 0.717) is 11.1 Å². The van der Waals surface area contributed by atoms with Crippen LogP contribution in [0.1, 0.15) is 19.4 Å². The van der Waals surface area contributed by atoms with Gasteiger partial charge in [0, 0.05) is 0 Å². The van der Waals surface area contributed by atoms with Gasteiger partial charge in [0.05, 0.1) is 0 Å². The Kier molecular flexibility index (Phi) is 4.17. The predicted molar refractivity (Wildman–Crippen MR) is 57.4 cm³/mol. The van der Waals surface area contributed by atoms with E-state index in [1.54, 1.807) is 19.1 Å².